The molecule has 0 saturated heterocycles. The molecule has 0 bridgehead atoms. The van der Waals surface area contributed by atoms with Gasteiger partial charge in [0.1, 0.15) is 0 Å². The van der Waals surface area contributed by atoms with E-state index in [1.807, 2.05) is 0 Å². The molecule has 1 nitrogen and oxygen atoms in total. The minimum atomic E-state index is 0. The largest absolute Gasteiger partial charge is 0.327 e. The first-order valence-corrected chi connectivity index (χ1v) is 6.86. The molecule has 2 N–H and O–H groups in total. The number of hydrogen-bond acceptors (Lipinski definition) is 2. The molecule has 0 saturated carbocycles. The first-order chi connectivity index (χ1) is 7.83. The number of benzene rings is 1. The summed E-state index contributed by atoms with van der Waals surface area (Å²) in [6.45, 7) is 0. The Morgan fingerprint density at radius 1 is 1.00 bits per heavy atom. The minimum absolute atomic E-state index is 0. The molecule has 0 amide bonds. The molecule has 0 radical (unpaired) electrons. The van der Waals surface area contributed by atoms with Crippen LogP contribution in [0.15, 0.2) is 30.3 Å². The standard InChI is InChI=1S/C14H23NS.ClH/c15-14(12-16)11-7-2-1-4-8-13-9-5-3-6-10-13;/h3,5-6,9-10,14,16H,1-2,4,7-8,11-12,15H2;1H/t14-;/m0./s1. The second kappa shape index (κ2) is 10.9. The van der Waals surface area contributed by atoms with Crippen molar-refractivity contribution in [3.63, 3.8) is 0 Å². The molecule has 0 unspecified atom stereocenters. The van der Waals surface area contributed by atoms with E-state index in [1.165, 1.54) is 37.7 Å². The Morgan fingerprint density at radius 2 is 1.65 bits per heavy atom. The number of rotatable bonds is 8. The van der Waals surface area contributed by atoms with Crippen molar-refractivity contribution in [2.24, 2.45) is 5.73 Å². The smallest absolute Gasteiger partial charge is 0.0127 e. The molecule has 0 aliphatic heterocycles. The van der Waals surface area contributed by atoms with Crippen LogP contribution in [-0.4, -0.2) is 11.8 Å². The van der Waals surface area contributed by atoms with Crippen molar-refractivity contribution in [3.05, 3.63) is 35.9 Å². The van der Waals surface area contributed by atoms with E-state index < -0.39 is 0 Å². The molecule has 0 aromatic heterocycles. The van der Waals surface area contributed by atoms with Gasteiger partial charge in [0.2, 0.25) is 0 Å². The molecule has 1 aromatic carbocycles. The van der Waals surface area contributed by atoms with Crippen molar-refractivity contribution >= 4 is 25.0 Å². The maximum atomic E-state index is 5.80. The quantitative estimate of drug-likeness (QED) is 0.546. The molecule has 0 fully saturated rings. The van der Waals surface area contributed by atoms with E-state index in [4.69, 9.17) is 5.73 Å². The number of unbranched alkanes of at least 4 members (excludes halogenated alkanes) is 3. The van der Waals surface area contributed by atoms with Crippen LogP contribution in [0.5, 0.6) is 0 Å². The van der Waals surface area contributed by atoms with Crippen LogP contribution in [0.3, 0.4) is 0 Å². The summed E-state index contributed by atoms with van der Waals surface area (Å²) in [6.07, 6.45) is 7.48. The summed E-state index contributed by atoms with van der Waals surface area (Å²) in [6, 6.07) is 11.0. The van der Waals surface area contributed by atoms with Gasteiger partial charge in [-0.05, 0) is 24.8 Å². The van der Waals surface area contributed by atoms with E-state index in [2.05, 4.69) is 43.0 Å². The zero-order valence-corrected chi connectivity index (χ0v) is 12.1. The Kier molecular flexibility index (Phi) is 10.8. The van der Waals surface area contributed by atoms with Gasteiger partial charge in [-0.2, -0.15) is 12.6 Å². The molecule has 0 spiro atoms. The Morgan fingerprint density at radius 3 is 2.29 bits per heavy atom. The van der Waals surface area contributed by atoms with E-state index in [1.54, 1.807) is 0 Å². The van der Waals surface area contributed by atoms with Crippen molar-refractivity contribution in [3.8, 4) is 0 Å². The normalized spacial score (nSPS) is 11.9. The van der Waals surface area contributed by atoms with Crippen molar-refractivity contribution < 1.29 is 0 Å². The highest BCUT2D eigenvalue weighted by Crippen LogP contribution is 2.09. The summed E-state index contributed by atoms with van der Waals surface area (Å²) in [5.41, 5.74) is 7.26. The predicted octanol–water partition coefficient (Wildman–Crippen LogP) is 3.86. The van der Waals surface area contributed by atoms with Gasteiger partial charge in [-0.25, -0.2) is 0 Å². The van der Waals surface area contributed by atoms with Gasteiger partial charge >= 0.3 is 0 Å². The number of hydrogen-bond donors (Lipinski definition) is 2. The fourth-order valence-corrected chi connectivity index (χ4v) is 2.01. The van der Waals surface area contributed by atoms with Crippen molar-refractivity contribution in [1.29, 1.82) is 0 Å². The molecule has 3 heteroatoms. The van der Waals surface area contributed by atoms with E-state index in [-0.39, 0.29) is 18.4 Å². The van der Waals surface area contributed by atoms with Gasteiger partial charge < -0.3 is 5.73 Å². The van der Waals surface area contributed by atoms with Crippen molar-refractivity contribution in [2.75, 3.05) is 5.75 Å². The van der Waals surface area contributed by atoms with Crippen LogP contribution in [0.4, 0.5) is 0 Å². The number of nitrogens with two attached hydrogens (primary N) is 1. The fraction of sp³-hybridized carbons (Fsp3) is 0.571. The lowest BCUT2D eigenvalue weighted by molar-refractivity contribution is 0.570. The van der Waals surface area contributed by atoms with Gasteiger partial charge in [0.15, 0.2) is 0 Å². The number of halogens is 1. The molecule has 0 aliphatic rings. The summed E-state index contributed by atoms with van der Waals surface area (Å²) >= 11 is 4.18. The SMILES string of the molecule is Cl.N[C@H](CS)CCCCCCc1ccccc1. The first-order valence-electron chi connectivity index (χ1n) is 6.23. The molecule has 1 aromatic rings. The minimum Gasteiger partial charge on any atom is -0.327 e. The third kappa shape index (κ3) is 8.53. The topological polar surface area (TPSA) is 26.0 Å². The van der Waals surface area contributed by atoms with Gasteiger partial charge in [0, 0.05) is 11.8 Å². The van der Waals surface area contributed by atoms with E-state index in [9.17, 15) is 0 Å². The Labute approximate surface area is 117 Å². The lowest BCUT2D eigenvalue weighted by atomic mass is 10.0. The molecule has 17 heavy (non-hydrogen) atoms. The molecule has 1 atom stereocenters. The monoisotopic (exact) mass is 273 g/mol. The van der Waals surface area contributed by atoms with E-state index >= 15 is 0 Å². The lowest BCUT2D eigenvalue weighted by Gasteiger charge is -2.07. The van der Waals surface area contributed by atoms with Gasteiger partial charge in [0.25, 0.3) is 0 Å². The van der Waals surface area contributed by atoms with Crippen LogP contribution in [0.2, 0.25) is 0 Å². The van der Waals surface area contributed by atoms with Gasteiger partial charge in [-0.15, -0.1) is 12.4 Å². The summed E-state index contributed by atoms with van der Waals surface area (Å²) < 4.78 is 0. The maximum absolute atomic E-state index is 5.80. The summed E-state index contributed by atoms with van der Waals surface area (Å²) in [5, 5.41) is 0. The third-order valence-corrected chi connectivity index (χ3v) is 3.34. The van der Waals surface area contributed by atoms with Crippen molar-refractivity contribution in [2.45, 2.75) is 44.6 Å². The van der Waals surface area contributed by atoms with Crippen LogP contribution in [0.25, 0.3) is 0 Å². The maximum Gasteiger partial charge on any atom is 0.0127 e. The third-order valence-electron chi connectivity index (χ3n) is 2.87. The number of thiol groups is 1. The van der Waals surface area contributed by atoms with E-state index in [0.29, 0.717) is 0 Å². The highest BCUT2D eigenvalue weighted by molar-refractivity contribution is 7.80. The second-order valence-electron chi connectivity index (χ2n) is 4.38. The average molecular weight is 274 g/mol. The lowest BCUT2D eigenvalue weighted by Crippen LogP contribution is -2.21. The Hall–Kier alpha value is -0.180. The zero-order valence-electron chi connectivity index (χ0n) is 10.3. The van der Waals surface area contributed by atoms with Crippen LogP contribution in [0, 0.1) is 0 Å². The summed E-state index contributed by atoms with van der Waals surface area (Å²) in [7, 11) is 0. The highest BCUT2D eigenvalue weighted by Gasteiger charge is 1.98. The molecule has 98 valence electrons. The van der Waals surface area contributed by atoms with Gasteiger partial charge in [-0.3, -0.25) is 0 Å². The Balaban J connectivity index is 0.00000256. The van der Waals surface area contributed by atoms with Gasteiger partial charge in [-0.1, -0.05) is 49.6 Å². The highest BCUT2D eigenvalue weighted by atomic mass is 35.5. The Bertz CT molecular complexity index is 266. The van der Waals surface area contributed by atoms with Crippen LogP contribution >= 0.6 is 25.0 Å². The van der Waals surface area contributed by atoms with E-state index in [0.717, 1.165) is 12.2 Å². The predicted molar refractivity (Wildman–Crippen MR) is 82.3 cm³/mol. The van der Waals surface area contributed by atoms with Crippen LogP contribution < -0.4 is 5.73 Å². The average Bonchev–Trinajstić information content (AvgIpc) is 2.34. The fourth-order valence-electron chi connectivity index (χ4n) is 1.83. The van der Waals surface area contributed by atoms with Gasteiger partial charge in [0.05, 0.1) is 0 Å². The molecular weight excluding hydrogens is 250 g/mol. The zero-order chi connectivity index (χ0) is 11.6. The molecule has 0 heterocycles. The van der Waals surface area contributed by atoms with Crippen LogP contribution in [-0.2, 0) is 6.42 Å². The molecule has 1 rings (SSSR count). The molecular formula is C14H24ClNS. The van der Waals surface area contributed by atoms with Crippen LogP contribution in [0.1, 0.15) is 37.7 Å². The summed E-state index contributed by atoms with van der Waals surface area (Å²) in [4.78, 5) is 0. The summed E-state index contributed by atoms with van der Waals surface area (Å²) in [5.74, 6) is 0.810. The second-order valence-corrected chi connectivity index (χ2v) is 4.75. The van der Waals surface area contributed by atoms with Crippen molar-refractivity contribution in [1.82, 2.24) is 0 Å². The molecule has 0 aliphatic carbocycles. The number of aryl methyl sites for hydroxylation is 1. The first kappa shape index (κ1) is 16.8.